The van der Waals surface area contributed by atoms with Crippen LogP contribution in [0.5, 0.6) is 0 Å². The molecule has 7 nitrogen and oxygen atoms in total. The van der Waals surface area contributed by atoms with Gasteiger partial charge in [-0.15, -0.1) is 12.4 Å². The smallest absolute Gasteiger partial charge is 0.243 e. The molecule has 0 bridgehead atoms. The second kappa shape index (κ2) is 8.26. The van der Waals surface area contributed by atoms with Crippen LogP contribution in [0.4, 0.5) is 5.69 Å². The Balaban J connectivity index is 0.00000208. The van der Waals surface area contributed by atoms with Crippen molar-refractivity contribution in [3.05, 3.63) is 24.3 Å². The summed E-state index contributed by atoms with van der Waals surface area (Å²) < 4.78 is 32.1. The summed E-state index contributed by atoms with van der Waals surface area (Å²) >= 11 is 0. The lowest BCUT2D eigenvalue weighted by molar-refractivity contribution is -0.120. The topological polar surface area (TPSA) is 96.5 Å². The molecule has 3 rings (SSSR count). The second-order valence-electron chi connectivity index (χ2n) is 5.89. The van der Waals surface area contributed by atoms with Gasteiger partial charge in [-0.25, -0.2) is 13.1 Å². The zero-order chi connectivity index (χ0) is 16.3. The first kappa shape index (κ1) is 19.1. The molecule has 0 aromatic heterocycles. The first-order valence-electron chi connectivity index (χ1n) is 7.76. The van der Waals surface area contributed by atoms with Gasteiger partial charge in [0.2, 0.25) is 15.9 Å². The molecular formula is C15H22ClN3O4S. The molecule has 1 amide bonds. The molecule has 0 radical (unpaired) electrons. The van der Waals surface area contributed by atoms with E-state index in [1.807, 2.05) is 0 Å². The summed E-state index contributed by atoms with van der Waals surface area (Å²) in [6.45, 7) is 2.07. The molecular weight excluding hydrogens is 354 g/mol. The van der Waals surface area contributed by atoms with E-state index in [0.29, 0.717) is 37.9 Å². The Morgan fingerprint density at radius 1 is 1.25 bits per heavy atom. The summed E-state index contributed by atoms with van der Waals surface area (Å²) in [4.78, 5) is 12.3. The van der Waals surface area contributed by atoms with Gasteiger partial charge < -0.3 is 15.4 Å². The van der Waals surface area contributed by atoms with Gasteiger partial charge in [0.1, 0.15) is 6.04 Å². The second-order valence-corrected chi connectivity index (χ2v) is 7.66. The summed E-state index contributed by atoms with van der Waals surface area (Å²) in [5.41, 5.74) is 0.559. The van der Waals surface area contributed by atoms with Crippen molar-refractivity contribution in [2.45, 2.75) is 23.8 Å². The lowest BCUT2D eigenvalue weighted by Crippen LogP contribution is -2.48. The lowest BCUT2D eigenvalue weighted by Gasteiger charge is -2.22. The SMILES string of the molecule is Cl.O=C(Nc1ccc(S(=O)(=O)NCC2CC2)cc1)C1COCCN1. The third-order valence-corrected chi connectivity index (χ3v) is 5.37. The molecule has 1 saturated heterocycles. The largest absolute Gasteiger partial charge is 0.378 e. The Morgan fingerprint density at radius 2 is 1.96 bits per heavy atom. The van der Waals surface area contributed by atoms with Crippen molar-refractivity contribution in [2.75, 3.05) is 31.6 Å². The van der Waals surface area contributed by atoms with Crippen LogP contribution in [0.25, 0.3) is 0 Å². The van der Waals surface area contributed by atoms with Gasteiger partial charge in [-0.3, -0.25) is 4.79 Å². The van der Waals surface area contributed by atoms with Crippen molar-refractivity contribution < 1.29 is 17.9 Å². The van der Waals surface area contributed by atoms with Gasteiger partial charge in [0.25, 0.3) is 0 Å². The van der Waals surface area contributed by atoms with Gasteiger partial charge in [0.05, 0.1) is 18.1 Å². The van der Waals surface area contributed by atoms with E-state index in [4.69, 9.17) is 4.74 Å². The number of carbonyl (C=O) groups excluding carboxylic acids is 1. The Bertz CT molecular complexity index is 656. The lowest BCUT2D eigenvalue weighted by atomic mass is 10.2. The van der Waals surface area contributed by atoms with Crippen LogP contribution in [0, 0.1) is 5.92 Å². The highest BCUT2D eigenvalue weighted by Crippen LogP contribution is 2.28. The van der Waals surface area contributed by atoms with Crippen molar-refractivity contribution in [1.82, 2.24) is 10.0 Å². The van der Waals surface area contributed by atoms with Crippen LogP contribution in [0.1, 0.15) is 12.8 Å². The summed E-state index contributed by atoms with van der Waals surface area (Å²) in [7, 11) is -3.48. The fraction of sp³-hybridized carbons (Fsp3) is 0.533. The highest BCUT2D eigenvalue weighted by molar-refractivity contribution is 7.89. The summed E-state index contributed by atoms with van der Waals surface area (Å²) in [6, 6.07) is 5.79. The van der Waals surface area contributed by atoms with Crippen LogP contribution in [0.3, 0.4) is 0 Å². The summed E-state index contributed by atoms with van der Waals surface area (Å²) in [5.74, 6) is 0.292. The Hall–Kier alpha value is -1.19. The minimum Gasteiger partial charge on any atom is -0.378 e. The molecule has 24 heavy (non-hydrogen) atoms. The van der Waals surface area contributed by atoms with Crippen LogP contribution in [0.2, 0.25) is 0 Å². The highest BCUT2D eigenvalue weighted by atomic mass is 35.5. The average molecular weight is 376 g/mol. The third-order valence-electron chi connectivity index (χ3n) is 3.93. The molecule has 1 aromatic carbocycles. The average Bonchev–Trinajstić information content (AvgIpc) is 3.39. The van der Waals surface area contributed by atoms with Gasteiger partial charge in [0, 0.05) is 18.8 Å². The maximum absolute atomic E-state index is 12.1. The van der Waals surface area contributed by atoms with Crippen LogP contribution < -0.4 is 15.4 Å². The number of nitrogens with one attached hydrogen (secondary N) is 3. The number of anilines is 1. The Morgan fingerprint density at radius 3 is 2.54 bits per heavy atom. The van der Waals surface area contributed by atoms with E-state index in [2.05, 4.69) is 15.4 Å². The number of morpholine rings is 1. The minimum absolute atomic E-state index is 0. The van der Waals surface area contributed by atoms with E-state index >= 15 is 0 Å². The molecule has 3 N–H and O–H groups in total. The molecule has 1 unspecified atom stereocenters. The molecule has 2 fully saturated rings. The van der Waals surface area contributed by atoms with E-state index in [-0.39, 0.29) is 29.3 Å². The van der Waals surface area contributed by atoms with Crippen molar-refractivity contribution in [1.29, 1.82) is 0 Å². The zero-order valence-corrected chi connectivity index (χ0v) is 14.8. The van der Waals surface area contributed by atoms with Crippen molar-refractivity contribution in [2.24, 2.45) is 5.92 Å². The zero-order valence-electron chi connectivity index (χ0n) is 13.2. The number of hydrogen-bond donors (Lipinski definition) is 3. The van der Waals surface area contributed by atoms with Crippen LogP contribution in [0.15, 0.2) is 29.2 Å². The van der Waals surface area contributed by atoms with E-state index < -0.39 is 10.0 Å². The highest BCUT2D eigenvalue weighted by Gasteiger charge is 2.24. The fourth-order valence-corrected chi connectivity index (χ4v) is 3.43. The monoisotopic (exact) mass is 375 g/mol. The molecule has 0 spiro atoms. The predicted molar refractivity (Wildman–Crippen MR) is 92.8 cm³/mol. The maximum Gasteiger partial charge on any atom is 0.243 e. The standard InChI is InChI=1S/C15H21N3O4S.ClH/c19-15(14-10-22-8-7-16-14)18-12-3-5-13(6-4-12)23(20,21)17-9-11-1-2-11;/h3-6,11,14,16-17H,1-2,7-10H2,(H,18,19);1H. The van der Waals surface area contributed by atoms with Crippen LogP contribution >= 0.6 is 12.4 Å². The number of sulfonamides is 1. The van der Waals surface area contributed by atoms with E-state index in [1.54, 1.807) is 12.1 Å². The number of amides is 1. The van der Waals surface area contributed by atoms with Gasteiger partial charge >= 0.3 is 0 Å². The first-order chi connectivity index (χ1) is 11.0. The van der Waals surface area contributed by atoms with E-state index in [1.165, 1.54) is 12.1 Å². The van der Waals surface area contributed by atoms with Crippen molar-refractivity contribution in [3.63, 3.8) is 0 Å². The Labute approximate surface area is 148 Å². The number of benzene rings is 1. The maximum atomic E-state index is 12.1. The molecule has 1 aromatic rings. The van der Waals surface area contributed by atoms with Gasteiger partial charge in [-0.05, 0) is 43.0 Å². The van der Waals surface area contributed by atoms with Gasteiger partial charge in [-0.2, -0.15) is 0 Å². The molecule has 1 saturated carbocycles. The van der Waals surface area contributed by atoms with E-state index in [9.17, 15) is 13.2 Å². The van der Waals surface area contributed by atoms with Crippen molar-refractivity contribution >= 4 is 34.0 Å². The fourth-order valence-electron chi connectivity index (χ4n) is 2.31. The number of carbonyl (C=O) groups is 1. The normalized spacial score (nSPS) is 20.9. The molecule has 1 atom stereocenters. The van der Waals surface area contributed by atoms with Crippen LogP contribution in [-0.2, 0) is 19.6 Å². The molecule has 1 aliphatic carbocycles. The van der Waals surface area contributed by atoms with E-state index in [0.717, 1.165) is 12.8 Å². The first-order valence-corrected chi connectivity index (χ1v) is 9.25. The van der Waals surface area contributed by atoms with Gasteiger partial charge in [-0.1, -0.05) is 0 Å². The Kier molecular flexibility index (Phi) is 6.59. The number of rotatable bonds is 6. The molecule has 134 valence electrons. The molecule has 9 heteroatoms. The molecule has 2 aliphatic rings. The van der Waals surface area contributed by atoms with Gasteiger partial charge in [0.15, 0.2) is 0 Å². The van der Waals surface area contributed by atoms with Crippen LogP contribution in [-0.4, -0.2) is 46.7 Å². The summed E-state index contributed by atoms with van der Waals surface area (Å²) in [5, 5.41) is 5.82. The minimum atomic E-state index is -3.48. The quantitative estimate of drug-likeness (QED) is 0.681. The predicted octanol–water partition coefficient (Wildman–Crippen LogP) is 0.724. The number of hydrogen-bond acceptors (Lipinski definition) is 5. The summed E-state index contributed by atoms with van der Waals surface area (Å²) in [6.07, 6.45) is 2.18. The number of ether oxygens (including phenoxy) is 1. The molecule has 1 aliphatic heterocycles. The number of halogens is 1. The molecule has 1 heterocycles. The van der Waals surface area contributed by atoms with Crippen molar-refractivity contribution in [3.8, 4) is 0 Å². The third kappa shape index (κ3) is 5.15.